The van der Waals surface area contributed by atoms with Crippen LogP contribution in [0, 0.1) is 0 Å². The van der Waals surface area contributed by atoms with Crippen molar-refractivity contribution in [2.75, 3.05) is 33.9 Å². The number of aliphatic hydroxyl groups is 1. The molecule has 2 atom stereocenters. The second-order valence-electron chi connectivity index (χ2n) is 12.3. The summed E-state index contributed by atoms with van der Waals surface area (Å²) in [6.07, 6.45) is -3.48. The molecule has 0 radical (unpaired) electrons. The maximum Gasteiger partial charge on any atom is 0.416 e. The highest BCUT2D eigenvalue weighted by molar-refractivity contribution is 7.92. The Kier molecular flexibility index (Phi) is 12.0. The molecular weight excluding hydrogens is 699 g/mol. The van der Waals surface area contributed by atoms with E-state index in [-0.39, 0.29) is 61.0 Å². The molecular formula is C37H38F3N5O6S. The average Bonchev–Trinajstić information content (AvgIpc) is 3.53. The Bertz CT molecular complexity index is 2010. The fourth-order valence-electron chi connectivity index (χ4n) is 6.11. The van der Waals surface area contributed by atoms with Crippen LogP contribution in [0.3, 0.4) is 0 Å². The van der Waals surface area contributed by atoms with E-state index in [2.05, 4.69) is 16.0 Å². The van der Waals surface area contributed by atoms with Crippen LogP contribution in [0.1, 0.15) is 39.9 Å². The summed E-state index contributed by atoms with van der Waals surface area (Å²) < 4.78 is 67.5. The lowest BCUT2D eigenvalue weighted by molar-refractivity contribution is -0.137. The van der Waals surface area contributed by atoms with E-state index in [4.69, 9.17) is 0 Å². The number of halogens is 3. The molecule has 3 amide bonds. The van der Waals surface area contributed by atoms with Gasteiger partial charge in [0.2, 0.25) is 22.3 Å². The van der Waals surface area contributed by atoms with Crippen molar-refractivity contribution in [2.45, 2.75) is 44.1 Å². The summed E-state index contributed by atoms with van der Waals surface area (Å²) in [6.45, 7) is 0.135. The van der Waals surface area contributed by atoms with Gasteiger partial charge < -0.3 is 26.0 Å². The summed E-state index contributed by atoms with van der Waals surface area (Å²) in [7, 11) is -4.10. The van der Waals surface area contributed by atoms with Gasteiger partial charge in [-0.25, -0.2) is 12.7 Å². The molecule has 11 nitrogen and oxygen atoms in total. The molecule has 4 aromatic rings. The summed E-state index contributed by atoms with van der Waals surface area (Å²) in [4.78, 5) is 40.0. The molecule has 52 heavy (non-hydrogen) atoms. The number of alkyl halides is 3. The quantitative estimate of drug-likeness (QED) is 0.126. The topological polar surface area (TPSA) is 148 Å². The summed E-state index contributed by atoms with van der Waals surface area (Å²) in [6, 6.07) is 23.4. The highest BCUT2D eigenvalue weighted by Crippen LogP contribution is 2.41. The molecule has 0 bridgehead atoms. The minimum absolute atomic E-state index is 0.0150. The summed E-state index contributed by atoms with van der Waals surface area (Å²) in [5.74, 6) is -1.01. The molecule has 0 aromatic heterocycles. The first-order chi connectivity index (χ1) is 24.8. The number of carbonyl (C=O) groups is 3. The lowest BCUT2D eigenvalue weighted by atomic mass is 9.99. The van der Waals surface area contributed by atoms with E-state index in [1.54, 1.807) is 24.3 Å². The second-order valence-corrected chi connectivity index (χ2v) is 14.2. The number of amides is 3. The van der Waals surface area contributed by atoms with Gasteiger partial charge in [-0.3, -0.25) is 14.4 Å². The molecule has 1 aliphatic heterocycles. The SMILES string of the molecule is CS(=O)(=O)N(c1cccc(NC=O)c1)c1cccc(C(=O)N[C@@H](Cc2ccccc2)[C@H](O)CNCc2cccc(C(F)(F)F)c2)c1N1CCCC1=O. The molecule has 1 saturated heterocycles. The number of nitrogens with zero attached hydrogens (tertiary/aromatic N) is 2. The number of para-hydroxylation sites is 1. The third-order valence-corrected chi connectivity index (χ3v) is 9.55. The first-order valence-electron chi connectivity index (χ1n) is 16.4. The van der Waals surface area contributed by atoms with Crippen LogP contribution in [-0.2, 0) is 38.8 Å². The van der Waals surface area contributed by atoms with Gasteiger partial charge in [0.25, 0.3) is 5.91 Å². The molecule has 0 aliphatic carbocycles. The minimum Gasteiger partial charge on any atom is -0.390 e. The number of anilines is 4. The number of carbonyl (C=O) groups excluding carboxylic acids is 3. The third-order valence-electron chi connectivity index (χ3n) is 8.48. The zero-order chi connectivity index (χ0) is 37.5. The lowest BCUT2D eigenvalue weighted by Gasteiger charge is -2.31. The molecule has 15 heteroatoms. The number of hydrogen-bond acceptors (Lipinski definition) is 7. The van der Waals surface area contributed by atoms with E-state index >= 15 is 0 Å². The monoisotopic (exact) mass is 737 g/mol. The van der Waals surface area contributed by atoms with Crippen LogP contribution in [0.2, 0.25) is 0 Å². The number of benzene rings is 4. The van der Waals surface area contributed by atoms with Crippen molar-refractivity contribution in [3.05, 3.63) is 119 Å². The van der Waals surface area contributed by atoms with Gasteiger partial charge in [-0.05, 0) is 60.4 Å². The maximum atomic E-state index is 14.3. The van der Waals surface area contributed by atoms with Gasteiger partial charge in [-0.15, -0.1) is 0 Å². The van der Waals surface area contributed by atoms with Crippen LogP contribution >= 0.6 is 0 Å². The molecule has 0 spiro atoms. The van der Waals surface area contributed by atoms with Gasteiger partial charge >= 0.3 is 6.18 Å². The Morgan fingerprint density at radius 2 is 1.69 bits per heavy atom. The van der Waals surface area contributed by atoms with Crippen molar-refractivity contribution in [1.82, 2.24) is 10.6 Å². The first kappa shape index (κ1) is 38.0. The predicted octanol–water partition coefficient (Wildman–Crippen LogP) is 4.99. The van der Waals surface area contributed by atoms with Gasteiger partial charge in [-0.2, -0.15) is 13.2 Å². The molecule has 4 N–H and O–H groups in total. The highest BCUT2D eigenvalue weighted by Gasteiger charge is 2.34. The number of aliphatic hydroxyl groups excluding tert-OH is 1. The predicted molar refractivity (Wildman–Crippen MR) is 192 cm³/mol. The fourth-order valence-corrected chi connectivity index (χ4v) is 7.11. The maximum absolute atomic E-state index is 14.3. The van der Waals surface area contributed by atoms with E-state index in [0.29, 0.717) is 24.1 Å². The summed E-state index contributed by atoms with van der Waals surface area (Å²) in [5, 5.41) is 19.7. The van der Waals surface area contributed by atoms with E-state index in [0.717, 1.165) is 28.3 Å². The van der Waals surface area contributed by atoms with Crippen molar-refractivity contribution in [1.29, 1.82) is 0 Å². The van der Waals surface area contributed by atoms with Crippen molar-refractivity contribution < 1.29 is 41.1 Å². The van der Waals surface area contributed by atoms with Crippen LogP contribution in [0.15, 0.2) is 97.1 Å². The number of rotatable bonds is 15. The van der Waals surface area contributed by atoms with Crippen molar-refractivity contribution in [3.63, 3.8) is 0 Å². The zero-order valence-electron chi connectivity index (χ0n) is 28.1. The van der Waals surface area contributed by atoms with Crippen LogP contribution in [0.4, 0.5) is 35.9 Å². The first-order valence-corrected chi connectivity index (χ1v) is 18.2. The van der Waals surface area contributed by atoms with Gasteiger partial charge in [0.05, 0.1) is 46.6 Å². The molecule has 4 aromatic carbocycles. The fraction of sp³-hybridized carbons (Fsp3) is 0.270. The average molecular weight is 738 g/mol. The second kappa shape index (κ2) is 16.4. The normalized spacial score (nSPS) is 14.5. The molecule has 1 aliphatic rings. The van der Waals surface area contributed by atoms with E-state index in [9.17, 15) is 41.1 Å². The van der Waals surface area contributed by atoms with Crippen molar-refractivity contribution in [2.24, 2.45) is 0 Å². The third kappa shape index (κ3) is 9.34. The Morgan fingerprint density at radius 1 is 0.981 bits per heavy atom. The highest BCUT2D eigenvalue weighted by atomic mass is 32.2. The van der Waals surface area contributed by atoms with Crippen LogP contribution in [-0.4, -0.2) is 63.2 Å². The standard InChI is InChI=1S/C37H38F3N5O6S/c1-52(50,51)45(29-14-6-13-28(21-29)42-24-46)32-16-7-15-30(35(32)44-18-8-17-34(44)48)36(49)43-31(20-25-9-3-2-4-10-25)33(47)23-41-22-26-11-5-12-27(19-26)37(38,39)40/h2-7,9-16,19,21,24,31,33,41,47H,8,17-18,20,22-23H2,1H3,(H,42,46)(H,43,49)/t31-,33+/m0/s1. The van der Waals surface area contributed by atoms with E-state index in [1.165, 1.54) is 47.4 Å². The molecule has 0 unspecified atom stereocenters. The molecule has 5 rings (SSSR count). The van der Waals surface area contributed by atoms with Gasteiger partial charge in [0, 0.05) is 31.7 Å². The molecule has 1 heterocycles. The molecule has 274 valence electrons. The largest absolute Gasteiger partial charge is 0.416 e. The van der Waals surface area contributed by atoms with E-state index < -0.39 is 39.8 Å². The van der Waals surface area contributed by atoms with Crippen LogP contribution in [0.5, 0.6) is 0 Å². The van der Waals surface area contributed by atoms with Crippen LogP contribution < -0.4 is 25.2 Å². The zero-order valence-corrected chi connectivity index (χ0v) is 29.0. The minimum atomic E-state index is -4.51. The molecule has 0 saturated carbocycles. The number of hydrogen-bond donors (Lipinski definition) is 4. The van der Waals surface area contributed by atoms with E-state index in [1.807, 2.05) is 18.2 Å². The van der Waals surface area contributed by atoms with Crippen molar-refractivity contribution >= 4 is 51.0 Å². The van der Waals surface area contributed by atoms with Gasteiger partial charge in [0.15, 0.2) is 0 Å². The number of sulfonamides is 1. The lowest BCUT2D eigenvalue weighted by Crippen LogP contribution is -2.49. The summed E-state index contributed by atoms with van der Waals surface area (Å²) in [5.41, 5.74) is 0.846. The Hall–Kier alpha value is -5.25. The number of nitrogens with one attached hydrogen (secondary N) is 3. The molecule has 1 fully saturated rings. The summed E-state index contributed by atoms with van der Waals surface area (Å²) >= 11 is 0. The van der Waals surface area contributed by atoms with Crippen LogP contribution in [0.25, 0.3) is 0 Å². The smallest absolute Gasteiger partial charge is 0.390 e. The Morgan fingerprint density at radius 3 is 2.37 bits per heavy atom. The van der Waals surface area contributed by atoms with Gasteiger partial charge in [-0.1, -0.05) is 60.7 Å². The Balaban J connectivity index is 1.48. The van der Waals surface area contributed by atoms with Crippen molar-refractivity contribution in [3.8, 4) is 0 Å². The van der Waals surface area contributed by atoms with Gasteiger partial charge in [0.1, 0.15) is 0 Å². The Labute approximate surface area is 299 Å².